The van der Waals surface area contributed by atoms with Crippen molar-refractivity contribution in [2.45, 2.75) is 59.7 Å². The third-order valence-electron chi connectivity index (χ3n) is 7.32. The first-order chi connectivity index (χ1) is 20.9. The van der Waals surface area contributed by atoms with Crippen LogP contribution >= 0.6 is 22.7 Å². The molecule has 3 aromatic heterocycles. The van der Waals surface area contributed by atoms with Crippen LogP contribution in [0.25, 0.3) is 10.2 Å². The molecule has 12 nitrogen and oxygen atoms in total. The zero-order valence-electron chi connectivity index (χ0n) is 25.3. The van der Waals surface area contributed by atoms with E-state index in [9.17, 15) is 19.2 Å². The minimum Gasteiger partial charge on any atom is -0.443 e. The number of benzene rings is 1. The highest BCUT2D eigenvalue weighted by Crippen LogP contribution is 2.28. The van der Waals surface area contributed by atoms with Crippen LogP contribution in [0.4, 0.5) is 0 Å². The summed E-state index contributed by atoms with van der Waals surface area (Å²) < 4.78 is 6.73. The number of carbonyl (C=O) groups is 4. The van der Waals surface area contributed by atoms with Crippen LogP contribution < -0.4 is 16.0 Å². The fourth-order valence-electron chi connectivity index (χ4n) is 4.99. The minimum absolute atomic E-state index is 0.0557. The number of oxazole rings is 1. The van der Waals surface area contributed by atoms with Crippen LogP contribution in [-0.2, 0) is 4.79 Å². The van der Waals surface area contributed by atoms with Crippen molar-refractivity contribution in [1.82, 2.24) is 35.8 Å². The Bertz CT molecular complexity index is 1710. The predicted octanol–water partition coefficient (Wildman–Crippen LogP) is 4.26. The molecule has 44 heavy (non-hydrogen) atoms. The van der Waals surface area contributed by atoms with Gasteiger partial charge in [-0.1, -0.05) is 27.7 Å². The largest absolute Gasteiger partial charge is 0.443 e. The number of nitrogens with one attached hydrogen (secondary N) is 3. The summed E-state index contributed by atoms with van der Waals surface area (Å²) in [5, 5.41) is 11.1. The van der Waals surface area contributed by atoms with Gasteiger partial charge >= 0.3 is 0 Å². The average molecular weight is 638 g/mol. The minimum atomic E-state index is -0.617. The van der Waals surface area contributed by atoms with Crippen molar-refractivity contribution < 1.29 is 23.6 Å². The molecule has 0 unspecified atom stereocenters. The van der Waals surface area contributed by atoms with Gasteiger partial charge in [0.15, 0.2) is 5.69 Å². The van der Waals surface area contributed by atoms with Crippen LogP contribution in [0.15, 0.2) is 33.5 Å². The van der Waals surface area contributed by atoms with E-state index in [0.29, 0.717) is 16.3 Å². The van der Waals surface area contributed by atoms with Crippen molar-refractivity contribution in [1.29, 1.82) is 0 Å². The van der Waals surface area contributed by atoms with Crippen molar-refractivity contribution >= 4 is 56.5 Å². The molecule has 4 aromatic rings. The molecule has 0 saturated heterocycles. The van der Waals surface area contributed by atoms with Gasteiger partial charge in [0.25, 0.3) is 17.7 Å². The summed E-state index contributed by atoms with van der Waals surface area (Å²) in [6.45, 7) is 10.9. The lowest BCUT2D eigenvalue weighted by Crippen LogP contribution is -2.48. The molecule has 1 aromatic carbocycles. The Balaban J connectivity index is 1.52. The molecule has 0 radical (unpaired) electrons. The van der Waals surface area contributed by atoms with Gasteiger partial charge < -0.3 is 25.3 Å². The number of hydrogen-bond acceptors (Lipinski definition) is 10. The van der Waals surface area contributed by atoms with E-state index >= 15 is 0 Å². The van der Waals surface area contributed by atoms with Crippen LogP contribution in [0, 0.1) is 18.8 Å². The van der Waals surface area contributed by atoms with Crippen LogP contribution in [0.3, 0.4) is 0 Å². The fraction of sp³-hybridized carbons (Fsp3) is 0.433. The van der Waals surface area contributed by atoms with Gasteiger partial charge in [-0.05, 0) is 43.9 Å². The number of nitrogens with zero attached hydrogens (tertiary/aromatic N) is 4. The van der Waals surface area contributed by atoms with Crippen molar-refractivity contribution in [3.8, 4) is 0 Å². The summed E-state index contributed by atoms with van der Waals surface area (Å²) in [6.07, 6.45) is 0. The van der Waals surface area contributed by atoms with E-state index in [2.05, 4.69) is 30.9 Å². The summed E-state index contributed by atoms with van der Waals surface area (Å²) in [7, 11) is 0. The molecule has 1 aliphatic heterocycles. The van der Waals surface area contributed by atoms with E-state index < -0.39 is 35.8 Å². The maximum atomic E-state index is 13.8. The van der Waals surface area contributed by atoms with Crippen LogP contribution in [0.5, 0.6) is 0 Å². The molecule has 0 aliphatic carbocycles. The monoisotopic (exact) mass is 637 g/mol. The van der Waals surface area contributed by atoms with Crippen LogP contribution in [-0.4, -0.2) is 62.6 Å². The molecule has 0 fully saturated rings. The Morgan fingerprint density at radius 1 is 1.00 bits per heavy atom. The Labute approximate surface area is 262 Å². The van der Waals surface area contributed by atoms with Crippen molar-refractivity contribution in [3.63, 3.8) is 0 Å². The van der Waals surface area contributed by atoms with Gasteiger partial charge in [0.1, 0.15) is 22.5 Å². The highest BCUT2D eigenvalue weighted by atomic mass is 32.1. The lowest BCUT2D eigenvalue weighted by molar-refractivity contribution is -0.122. The van der Waals surface area contributed by atoms with E-state index in [1.54, 1.807) is 42.9 Å². The predicted molar refractivity (Wildman–Crippen MR) is 167 cm³/mol. The van der Waals surface area contributed by atoms with Crippen molar-refractivity contribution in [2.24, 2.45) is 11.8 Å². The quantitative estimate of drug-likeness (QED) is 0.301. The Kier molecular flexibility index (Phi) is 9.11. The Hall–Kier alpha value is -4.17. The average Bonchev–Trinajstić information content (AvgIpc) is 3.72. The number of thiazole rings is 2. The van der Waals surface area contributed by atoms with E-state index in [0.717, 1.165) is 10.2 Å². The lowest BCUT2D eigenvalue weighted by Gasteiger charge is -2.28. The van der Waals surface area contributed by atoms with Crippen LogP contribution in [0.2, 0.25) is 0 Å². The molecule has 232 valence electrons. The molecule has 0 spiro atoms. The number of aryl methyl sites for hydroxylation is 1. The summed E-state index contributed by atoms with van der Waals surface area (Å²) in [4.78, 5) is 68.6. The summed E-state index contributed by atoms with van der Waals surface area (Å²) in [5.41, 5.74) is 3.17. The lowest BCUT2D eigenvalue weighted by atomic mass is 10.0. The number of carbonyl (C=O) groups excluding carboxylic acids is 4. The second-order valence-electron chi connectivity index (χ2n) is 11.6. The summed E-state index contributed by atoms with van der Waals surface area (Å²) in [6, 6.07) is 3.55. The van der Waals surface area contributed by atoms with Gasteiger partial charge in [-0.3, -0.25) is 19.2 Å². The number of hydrogen-bond donors (Lipinski definition) is 3. The molecule has 4 amide bonds. The summed E-state index contributed by atoms with van der Waals surface area (Å²) in [5.74, 6) is -1.33. The van der Waals surface area contributed by atoms with Gasteiger partial charge in [0, 0.05) is 23.5 Å². The fourth-order valence-corrected chi connectivity index (χ4v) is 6.73. The second-order valence-corrected chi connectivity index (χ2v) is 13.4. The van der Waals surface area contributed by atoms with Gasteiger partial charge in [0.2, 0.25) is 11.8 Å². The highest BCUT2D eigenvalue weighted by Gasteiger charge is 2.31. The van der Waals surface area contributed by atoms with E-state index in [1.807, 2.05) is 27.7 Å². The molecule has 0 saturated carbocycles. The molecule has 4 bridgehead atoms. The smallest absolute Gasteiger partial charge is 0.273 e. The molecule has 1 aliphatic rings. The van der Waals surface area contributed by atoms with Gasteiger partial charge in [0.05, 0.1) is 28.3 Å². The molecular weight excluding hydrogens is 603 g/mol. The molecule has 5 rings (SSSR count). The van der Waals surface area contributed by atoms with Crippen molar-refractivity contribution in [2.75, 3.05) is 13.1 Å². The molecule has 4 heterocycles. The van der Waals surface area contributed by atoms with Gasteiger partial charge in [-0.25, -0.2) is 15.0 Å². The number of rotatable bonds is 3. The number of fused-ring (bicyclic) bond motifs is 5. The number of aromatic nitrogens is 3. The first-order valence-corrected chi connectivity index (χ1v) is 16.1. The van der Waals surface area contributed by atoms with Crippen molar-refractivity contribution in [3.05, 3.63) is 62.7 Å². The third kappa shape index (κ3) is 6.65. The van der Waals surface area contributed by atoms with E-state index in [-0.39, 0.29) is 48.1 Å². The normalized spacial score (nSPS) is 20.3. The highest BCUT2D eigenvalue weighted by molar-refractivity contribution is 7.16. The SMILES string of the molecule is Cc1oc2nc1C(=O)N[C@H](C)CN(C(=O)c1ccc3ncsc3c1)CC(=O)N[C@@H](C(C)C)c1nc(cs1)C(=O)N[C@@H]2C(C)C. The Morgan fingerprint density at radius 3 is 2.48 bits per heavy atom. The van der Waals surface area contributed by atoms with Crippen LogP contribution in [0.1, 0.15) is 94.7 Å². The van der Waals surface area contributed by atoms with Gasteiger partial charge in [-0.2, -0.15) is 0 Å². The topological polar surface area (TPSA) is 159 Å². The summed E-state index contributed by atoms with van der Waals surface area (Å²) >= 11 is 2.69. The van der Waals surface area contributed by atoms with E-state index in [1.165, 1.54) is 27.6 Å². The number of amides is 4. The van der Waals surface area contributed by atoms with E-state index in [4.69, 9.17) is 4.42 Å². The second kappa shape index (κ2) is 12.8. The molecule has 3 N–H and O–H groups in total. The Morgan fingerprint density at radius 2 is 1.75 bits per heavy atom. The zero-order chi connectivity index (χ0) is 31.7. The third-order valence-corrected chi connectivity index (χ3v) is 9.04. The maximum Gasteiger partial charge on any atom is 0.273 e. The first kappa shape index (κ1) is 31.3. The molecule has 3 atom stereocenters. The zero-order valence-corrected chi connectivity index (χ0v) is 27.0. The maximum absolute atomic E-state index is 13.8. The standard InChI is InChI=1S/C30H35N7O5S2/c1-14(2)23-28-36-25(17(6)42-28)27(40)32-16(5)10-37(30(41)18-7-8-19-21(9-18)44-13-31-19)11-22(38)34-24(15(3)4)29-33-20(12-43-29)26(39)35-23/h7-9,12-16,23-24H,10-11H2,1-6H3,(H,32,40)(H,34,38)(H,35,39)/t16-,23-,24+/m1/s1. The first-order valence-electron chi connectivity index (χ1n) is 14.4. The molecular formula is C30H35N7O5S2. The van der Waals surface area contributed by atoms with Gasteiger partial charge in [-0.15, -0.1) is 22.7 Å². The molecule has 14 heteroatoms.